The van der Waals surface area contributed by atoms with Gasteiger partial charge in [-0.05, 0) is 24.6 Å². The quantitative estimate of drug-likeness (QED) is 0.347. The third-order valence-corrected chi connectivity index (χ3v) is 2.05. The molecule has 3 N–H and O–H groups in total. The van der Waals surface area contributed by atoms with Crippen LogP contribution in [0.1, 0.15) is 12.5 Å². The standard InChI is InChI=1S/C10H14ClN3/c1-2-13-10(14-12)7-8-3-5-9(11)6-4-8/h3-6H,2,7,12H2,1H3,(H,13,14). The van der Waals surface area contributed by atoms with E-state index in [1.807, 2.05) is 31.2 Å². The van der Waals surface area contributed by atoms with Crippen molar-refractivity contribution in [3.63, 3.8) is 0 Å². The molecular weight excluding hydrogens is 198 g/mol. The Morgan fingerprint density at radius 2 is 2.07 bits per heavy atom. The van der Waals surface area contributed by atoms with Gasteiger partial charge in [-0.1, -0.05) is 23.7 Å². The van der Waals surface area contributed by atoms with Crippen molar-refractivity contribution in [2.45, 2.75) is 13.3 Å². The maximum atomic E-state index is 5.77. The van der Waals surface area contributed by atoms with Gasteiger partial charge in [0.25, 0.3) is 0 Å². The molecule has 1 rings (SSSR count). The average Bonchev–Trinajstić information content (AvgIpc) is 2.20. The molecule has 0 amide bonds. The molecule has 0 aromatic heterocycles. The number of hydrazine groups is 1. The van der Waals surface area contributed by atoms with E-state index in [0.29, 0.717) is 6.42 Å². The largest absolute Gasteiger partial charge is 0.312 e. The van der Waals surface area contributed by atoms with Crippen LogP contribution in [0.2, 0.25) is 5.02 Å². The van der Waals surface area contributed by atoms with Gasteiger partial charge in [0.15, 0.2) is 0 Å². The van der Waals surface area contributed by atoms with Gasteiger partial charge < -0.3 is 5.43 Å². The summed E-state index contributed by atoms with van der Waals surface area (Å²) in [5.74, 6) is 6.12. The number of nitrogens with two attached hydrogens (primary N) is 1. The van der Waals surface area contributed by atoms with E-state index in [-0.39, 0.29) is 0 Å². The fourth-order valence-corrected chi connectivity index (χ4v) is 1.27. The van der Waals surface area contributed by atoms with Crippen molar-refractivity contribution in [2.75, 3.05) is 6.54 Å². The van der Waals surface area contributed by atoms with E-state index >= 15 is 0 Å². The molecule has 0 fully saturated rings. The van der Waals surface area contributed by atoms with Crippen LogP contribution in [0.4, 0.5) is 0 Å². The highest BCUT2D eigenvalue weighted by Gasteiger charge is 1.98. The normalized spacial score (nSPS) is 11.5. The summed E-state index contributed by atoms with van der Waals surface area (Å²) in [6.07, 6.45) is 0.710. The van der Waals surface area contributed by atoms with Gasteiger partial charge in [-0.15, -0.1) is 0 Å². The second kappa shape index (κ2) is 5.62. The third kappa shape index (κ3) is 3.36. The van der Waals surface area contributed by atoms with E-state index < -0.39 is 0 Å². The van der Waals surface area contributed by atoms with Gasteiger partial charge in [-0.3, -0.25) is 4.99 Å². The first-order valence-corrected chi connectivity index (χ1v) is 4.88. The van der Waals surface area contributed by atoms with Crippen LogP contribution in [-0.4, -0.2) is 12.4 Å². The summed E-state index contributed by atoms with van der Waals surface area (Å²) < 4.78 is 0. The lowest BCUT2D eigenvalue weighted by molar-refractivity contribution is 0.958. The topological polar surface area (TPSA) is 50.4 Å². The minimum absolute atomic E-state index is 0.710. The molecule has 0 aliphatic rings. The number of hydrogen-bond donors (Lipinski definition) is 2. The summed E-state index contributed by atoms with van der Waals surface area (Å²) in [6, 6.07) is 7.64. The minimum Gasteiger partial charge on any atom is -0.312 e. The van der Waals surface area contributed by atoms with Crippen LogP contribution in [-0.2, 0) is 6.42 Å². The van der Waals surface area contributed by atoms with Gasteiger partial charge in [0.2, 0.25) is 0 Å². The fraction of sp³-hybridized carbons (Fsp3) is 0.300. The Hall–Kier alpha value is -1.06. The van der Waals surface area contributed by atoms with Crippen LogP contribution < -0.4 is 11.3 Å². The lowest BCUT2D eigenvalue weighted by atomic mass is 10.1. The number of nitrogens with zero attached hydrogens (tertiary/aromatic N) is 1. The first-order valence-electron chi connectivity index (χ1n) is 4.50. The molecule has 1 aromatic rings. The highest BCUT2D eigenvalue weighted by molar-refractivity contribution is 6.30. The third-order valence-electron chi connectivity index (χ3n) is 1.80. The predicted octanol–water partition coefficient (Wildman–Crippen LogP) is 1.76. The fourth-order valence-electron chi connectivity index (χ4n) is 1.14. The minimum atomic E-state index is 0.710. The van der Waals surface area contributed by atoms with Crippen LogP contribution in [0.3, 0.4) is 0 Å². The zero-order valence-electron chi connectivity index (χ0n) is 8.13. The highest BCUT2D eigenvalue weighted by atomic mass is 35.5. The zero-order valence-corrected chi connectivity index (χ0v) is 8.88. The van der Waals surface area contributed by atoms with Crippen LogP contribution in [0.5, 0.6) is 0 Å². The Morgan fingerprint density at radius 3 is 2.57 bits per heavy atom. The maximum Gasteiger partial charge on any atom is 0.115 e. The Bertz CT molecular complexity index is 306. The number of nitrogens with one attached hydrogen (secondary N) is 1. The summed E-state index contributed by atoms with van der Waals surface area (Å²) in [5, 5.41) is 0.739. The van der Waals surface area contributed by atoms with Crippen LogP contribution >= 0.6 is 11.6 Å². The van der Waals surface area contributed by atoms with Crippen LogP contribution in [0.15, 0.2) is 29.3 Å². The molecule has 0 radical (unpaired) electrons. The summed E-state index contributed by atoms with van der Waals surface area (Å²) in [4.78, 5) is 4.21. The number of hydrogen-bond acceptors (Lipinski definition) is 2. The Kier molecular flexibility index (Phi) is 4.43. The Labute approximate surface area is 88.9 Å². The lowest BCUT2D eigenvalue weighted by Crippen LogP contribution is -2.32. The van der Waals surface area contributed by atoms with Gasteiger partial charge in [0, 0.05) is 18.0 Å². The van der Waals surface area contributed by atoms with Gasteiger partial charge in [-0.25, -0.2) is 5.84 Å². The van der Waals surface area contributed by atoms with E-state index in [1.165, 1.54) is 0 Å². The number of aliphatic imine (C=N–C) groups is 1. The molecule has 14 heavy (non-hydrogen) atoms. The summed E-state index contributed by atoms with van der Waals surface area (Å²) >= 11 is 5.77. The van der Waals surface area contributed by atoms with E-state index in [0.717, 1.165) is 23.0 Å². The van der Waals surface area contributed by atoms with Gasteiger partial charge >= 0.3 is 0 Å². The van der Waals surface area contributed by atoms with Crippen LogP contribution in [0.25, 0.3) is 0 Å². The van der Waals surface area contributed by atoms with Crippen molar-refractivity contribution in [2.24, 2.45) is 10.8 Å². The van der Waals surface area contributed by atoms with E-state index in [2.05, 4.69) is 10.4 Å². The number of halogens is 1. The predicted molar refractivity (Wildman–Crippen MR) is 60.5 cm³/mol. The second-order valence-corrected chi connectivity index (χ2v) is 3.31. The first-order chi connectivity index (χ1) is 6.76. The summed E-state index contributed by atoms with van der Waals surface area (Å²) in [6.45, 7) is 2.70. The molecule has 3 nitrogen and oxygen atoms in total. The van der Waals surface area contributed by atoms with Gasteiger partial charge in [0.05, 0.1) is 0 Å². The summed E-state index contributed by atoms with van der Waals surface area (Å²) in [7, 11) is 0. The molecule has 0 spiro atoms. The molecule has 0 unspecified atom stereocenters. The molecule has 0 bridgehead atoms. The monoisotopic (exact) mass is 211 g/mol. The molecule has 0 aliphatic carbocycles. The van der Waals surface area contributed by atoms with Crippen molar-refractivity contribution in [3.8, 4) is 0 Å². The molecule has 1 aromatic carbocycles. The van der Waals surface area contributed by atoms with Crippen molar-refractivity contribution < 1.29 is 0 Å². The second-order valence-electron chi connectivity index (χ2n) is 2.87. The van der Waals surface area contributed by atoms with Crippen molar-refractivity contribution in [1.29, 1.82) is 0 Å². The van der Waals surface area contributed by atoms with E-state index in [9.17, 15) is 0 Å². The maximum absolute atomic E-state index is 5.77. The molecule has 0 saturated heterocycles. The smallest absolute Gasteiger partial charge is 0.115 e. The van der Waals surface area contributed by atoms with E-state index in [4.69, 9.17) is 17.4 Å². The molecule has 76 valence electrons. The Morgan fingerprint density at radius 1 is 1.43 bits per heavy atom. The van der Waals surface area contributed by atoms with Crippen molar-refractivity contribution in [1.82, 2.24) is 5.43 Å². The zero-order chi connectivity index (χ0) is 10.4. The molecular formula is C10H14ClN3. The number of benzene rings is 1. The molecule has 0 atom stereocenters. The lowest BCUT2D eigenvalue weighted by Gasteiger charge is -2.05. The SMILES string of the molecule is CCN=C(Cc1ccc(Cl)cc1)NN. The first kappa shape index (κ1) is 11.0. The van der Waals surface area contributed by atoms with Crippen LogP contribution in [0, 0.1) is 0 Å². The molecule has 0 saturated carbocycles. The number of amidine groups is 1. The summed E-state index contributed by atoms with van der Waals surface area (Å²) in [5.41, 5.74) is 3.72. The van der Waals surface area contributed by atoms with Crippen molar-refractivity contribution >= 4 is 17.4 Å². The molecule has 0 heterocycles. The highest BCUT2D eigenvalue weighted by Crippen LogP contribution is 2.09. The van der Waals surface area contributed by atoms with Gasteiger partial charge in [-0.2, -0.15) is 0 Å². The average molecular weight is 212 g/mol. The number of rotatable bonds is 3. The Balaban J connectivity index is 2.67. The molecule has 4 heteroatoms. The molecule has 0 aliphatic heterocycles. The van der Waals surface area contributed by atoms with Gasteiger partial charge in [0.1, 0.15) is 5.84 Å². The van der Waals surface area contributed by atoms with E-state index in [1.54, 1.807) is 0 Å². The van der Waals surface area contributed by atoms with Crippen molar-refractivity contribution in [3.05, 3.63) is 34.9 Å².